The fourth-order valence-corrected chi connectivity index (χ4v) is 1.19. The van der Waals surface area contributed by atoms with Crippen molar-refractivity contribution in [2.45, 2.75) is 32.4 Å². The first kappa shape index (κ1) is 15.6. The van der Waals surface area contributed by atoms with Crippen LogP contribution in [0.1, 0.15) is 26.2 Å². The van der Waals surface area contributed by atoms with E-state index in [1.54, 1.807) is 6.92 Å². The van der Waals surface area contributed by atoms with Crippen LogP contribution >= 0.6 is 0 Å². The minimum absolute atomic E-state index is 0.0646. The number of ether oxygens (including phenoxy) is 1. The number of carbonyl (C=O) groups excluding carboxylic acids is 3. The lowest BCUT2D eigenvalue weighted by atomic mass is 9.94. The number of rotatable bonds is 6. The standard InChI is InChI=1S/C10H13F3O4/c1-3-4-7(14)6(9(16)17-2)5-8(15)10(11,12)13/h6H,3-5H2,1-2H3. The fraction of sp³-hybridized carbons (Fsp3) is 0.700. The summed E-state index contributed by atoms with van der Waals surface area (Å²) in [5, 5.41) is 0. The Bertz CT molecular complexity index is 309. The average Bonchev–Trinajstić information content (AvgIpc) is 2.23. The molecule has 17 heavy (non-hydrogen) atoms. The molecule has 0 aliphatic rings. The highest BCUT2D eigenvalue weighted by Gasteiger charge is 2.42. The predicted molar refractivity (Wildman–Crippen MR) is 51.1 cm³/mol. The molecule has 0 aromatic heterocycles. The van der Waals surface area contributed by atoms with Gasteiger partial charge in [-0.05, 0) is 6.42 Å². The third-order valence-corrected chi connectivity index (χ3v) is 2.08. The first-order valence-corrected chi connectivity index (χ1v) is 4.94. The van der Waals surface area contributed by atoms with Gasteiger partial charge in [-0.25, -0.2) is 0 Å². The van der Waals surface area contributed by atoms with Crippen LogP contribution in [0.2, 0.25) is 0 Å². The molecule has 0 heterocycles. The molecule has 1 unspecified atom stereocenters. The molecular weight excluding hydrogens is 241 g/mol. The second-order valence-electron chi connectivity index (χ2n) is 3.42. The molecule has 1 atom stereocenters. The molecule has 0 aliphatic carbocycles. The largest absolute Gasteiger partial charge is 0.468 e. The lowest BCUT2D eigenvalue weighted by molar-refractivity contribution is -0.174. The SMILES string of the molecule is CCCC(=O)C(CC(=O)C(F)(F)F)C(=O)OC. The Labute approximate surface area is 96.1 Å². The lowest BCUT2D eigenvalue weighted by Gasteiger charge is -2.13. The molecule has 0 rings (SSSR count). The van der Waals surface area contributed by atoms with E-state index in [0.29, 0.717) is 6.42 Å². The Morgan fingerprint density at radius 2 is 1.76 bits per heavy atom. The first-order valence-electron chi connectivity index (χ1n) is 4.94. The van der Waals surface area contributed by atoms with Gasteiger partial charge in [0.15, 0.2) is 0 Å². The molecule has 0 spiro atoms. The molecule has 0 amide bonds. The Morgan fingerprint density at radius 3 is 2.12 bits per heavy atom. The molecule has 0 N–H and O–H groups in total. The molecule has 0 saturated heterocycles. The van der Waals surface area contributed by atoms with Crippen molar-refractivity contribution in [2.75, 3.05) is 7.11 Å². The number of esters is 1. The number of hydrogen-bond donors (Lipinski definition) is 0. The van der Waals surface area contributed by atoms with Gasteiger partial charge in [-0.1, -0.05) is 6.92 Å². The first-order chi connectivity index (χ1) is 7.73. The van der Waals surface area contributed by atoms with Crippen LogP contribution in [0.4, 0.5) is 13.2 Å². The van der Waals surface area contributed by atoms with Crippen LogP contribution in [0.5, 0.6) is 0 Å². The summed E-state index contributed by atoms with van der Waals surface area (Å²) < 4.78 is 40.3. The molecule has 0 aromatic carbocycles. The molecular formula is C10H13F3O4. The summed E-state index contributed by atoms with van der Waals surface area (Å²) >= 11 is 0. The number of Topliss-reactive ketones (excluding diaryl/α,β-unsaturated/α-hetero) is 2. The molecule has 0 aliphatic heterocycles. The average molecular weight is 254 g/mol. The van der Waals surface area contributed by atoms with Crippen molar-refractivity contribution in [2.24, 2.45) is 5.92 Å². The van der Waals surface area contributed by atoms with Gasteiger partial charge in [0.25, 0.3) is 0 Å². The van der Waals surface area contributed by atoms with E-state index in [2.05, 4.69) is 4.74 Å². The maximum absolute atomic E-state index is 12.0. The minimum atomic E-state index is -5.04. The predicted octanol–water partition coefficient (Wildman–Crippen LogP) is 1.67. The normalized spacial score (nSPS) is 13.0. The number of carbonyl (C=O) groups is 3. The van der Waals surface area contributed by atoms with Crippen molar-refractivity contribution >= 4 is 17.5 Å². The highest BCUT2D eigenvalue weighted by Crippen LogP contribution is 2.22. The number of ketones is 2. The van der Waals surface area contributed by atoms with Crippen LogP contribution in [0, 0.1) is 5.92 Å². The van der Waals surface area contributed by atoms with Crippen molar-refractivity contribution in [3.63, 3.8) is 0 Å². The number of halogens is 3. The zero-order valence-corrected chi connectivity index (χ0v) is 9.47. The highest BCUT2D eigenvalue weighted by atomic mass is 19.4. The molecule has 0 bridgehead atoms. The van der Waals surface area contributed by atoms with Gasteiger partial charge in [0.1, 0.15) is 11.7 Å². The summed E-state index contributed by atoms with van der Waals surface area (Å²) in [4.78, 5) is 33.2. The van der Waals surface area contributed by atoms with E-state index in [4.69, 9.17) is 0 Å². The van der Waals surface area contributed by atoms with Crippen molar-refractivity contribution in [3.05, 3.63) is 0 Å². The molecule has 0 radical (unpaired) electrons. The van der Waals surface area contributed by atoms with E-state index >= 15 is 0 Å². The number of methoxy groups -OCH3 is 1. The Kier molecular flexibility index (Phi) is 5.84. The van der Waals surface area contributed by atoms with Gasteiger partial charge >= 0.3 is 12.1 Å². The van der Waals surface area contributed by atoms with Gasteiger partial charge < -0.3 is 4.74 Å². The topological polar surface area (TPSA) is 60.4 Å². The fourth-order valence-electron chi connectivity index (χ4n) is 1.19. The number of hydrogen-bond acceptors (Lipinski definition) is 4. The van der Waals surface area contributed by atoms with E-state index in [1.807, 2.05) is 0 Å². The van der Waals surface area contributed by atoms with Gasteiger partial charge in [-0.15, -0.1) is 0 Å². The van der Waals surface area contributed by atoms with Crippen molar-refractivity contribution < 1.29 is 32.3 Å². The molecule has 0 aromatic rings. The van der Waals surface area contributed by atoms with E-state index in [9.17, 15) is 27.6 Å². The third-order valence-electron chi connectivity index (χ3n) is 2.08. The van der Waals surface area contributed by atoms with E-state index in [1.165, 1.54) is 0 Å². The van der Waals surface area contributed by atoms with Crippen LogP contribution in [0.3, 0.4) is 0 Å². The van der Waals surface area contributed by atoms with Crippen LogP contribution in [-0.2, 0) is 19.1 Å². The third kappa shape index (κ3) is 4.97. The zero-order chi connectivity index (χ0) is 13.6. The van der Waals surface area contributed by atoms with Gasteiger partial charge in [-0.2, -0.15) is 13.2 Å². The zero-order valence-electron chi connectivity index (χ0n) is 9.47. The quantitative estimate of drug-likeness (QED) is 0.534. The molecule has 4 nitrogen and oxygen atoms in total. The van der Waals surface area contributed by atoms with Gasteiger partial charge in [0, 0.05) is 12.8 Å². The Balaban J connectivity index is 4.78. The summed E-state index contributed by atoms with van der Waals surface area (Å²) in [6.07, 6.45) is -5.91. The van der Waals surface area contributed by atoms with E-state index < -0.39 is 36.1 Å². The summed E-state index contributed by atoms with van der Waals surface area (Å²) in [7, 11) is 0.951. The van der Waals surface area contributed by atoms with E-state index in [-0.39, 0.29) is 6.42 Å². The summed E-state index contributed by atoms with van der Waals surface area (Å²) in [5.41, 5.74) is 0. The van der Waals surface area contributed by atoms with Crippen LogP contribution < -0.4 is 0 Å². The Morgan fingerprint density at radius 1 is 1.24 bits per heavy atom. The van der Waals surface area contributed by atoms with Crippen LogP contribution in [-0.4, -0.2) is 30.8 Å². The monoisotopic (exact) mass is 254 g/mol. The molecule has 0 fully saturated rings. The summed E-state index contributed by atoms with van der Waals surface area (Å²) in [6.45, 7) is 1.64. The smallest absolute Gasteiger partial charge is 0.450 e. The van der Waals surface area contributed by atoms with Crippen LogP contribution in [0.15, 0.2) is 0 Å². The molecule has 7 heteroatoms. The second kappa shape index (κ2) is 6.36. The maximum atomic E-state index is 12.0. The van der Waals surface area contributed by atoms with Gasteiger partial charge in [0.2, 0.25) is 5.78 Å². The summed E-state index contributed by atoms with van der Waals surface area (Å²) in [6, 6.07) is 0. The maximum Gasteiger partial charge on any atom is 0.450 e. The van der Waals surface area contributed by atoms with Crippen molar-refractivity contribution in [1.29, 1.82) is 0 Å². The number of alkyl halides is 3. The van der Waals surface area contributed by atoms with Gasteiger partial charge in [0.05, 0.1) is 7.11 Å². The molecule has 98 valence electrons. The van der Waals surface area contributed by atoms with Gasteiger partial charge in [-0.3, -0.25) is 14.4 Å². The second-order valence-corrected chi connectivity index (χ2v) is 3.42. The highest BCUT2D eigenvalue weighted by molar-refractivity contribution is 6.03. The lowest BCUT2D eigenvalue weighted by Crippen LogP contribution is -2.33. The van der Waals surface area contributed by atoms with Crippen molar-refractivity contribution in [3.8, 4) is 0 Å². The summed E-state index contributed by atoms with van der Waals surface area (Å²) in [5.74, 6) is -5.58. The van der Waals surface area contributed by atoms with Crippen molar-refractivity contribution in [1.82, 2.24) is 0 Å². The Hall–Kier alpha value is -1.40. The van der Waals surface area contributed by atoms with E-state index in [0.717, 1.165) is 7.11 Å². The van der Waals surface area contributed by atoms with Crippen LogP contribution in [0.25, 0.3) is 0 Å². The minimum Gasteiger partial charge on any atom is -0.468 e. The molecule has 0 saturated carbocycles.